The van der Waals surface area contributed by atoms with E-state index >= 15 is 0 Å². The Hall–Kier alpha value is 0.620. The van der Waals surface area contributed by atoms with Crippen molar-refractivity contribution in [1.29, 1.82) is 0 Å². The summed E-state index contributed by atoms with van der Waals surface area (Å²) in [5, 5.41) is 3.56. The van der Waals surface area contributed by atoms with E-state index in [1.165, 1.54) is 45.2 Å². The average Bonchev–Trinajstić information content (AvgIpc) is 2.70. The molecule has 1 N–H and O–H groups in total. The summed E-state index contributed by atoms with van der Waals surface area (Å²) in [6, 6.07) is 2.77. The SMILES string of the molecule is CCC1CCCCC1C(NC)c1cc(Br)sc1Br. The van der Waals surface area contributed by atoms with E-state index in [1.807, 2.05) is 0 Å². The molecule has 1 aliphatic carbocycles. The highest BCUT2D eigenvalue weighted by molar-refractivity contribution is 9.12. The molecule has 1 fully saturated rings. The molecule has 1 nitrogen and oxygen atoms in total. The van der Waals surface area contributed by atoms with Crippen molar-refractivity contribution in [3.63, 3.8) is 0 Å². The molecule has 0 saturated heterocycles. The van der Waals surface area contributed by atoms with Gasteiger partial charge >= 0.3 is 0 Å². The van der Waals surface area contributed by atoms with Gasteiger partial charge in [0.2, 0.25) is 0 Å². The number of hydrogen-bond donors (Lipinski definition) is 1. The molecule has 3 unspecified atom stereocenters. The maximum atomic E-state index is 3.72. The Bertz CT molecular complexity index is 391. The van der Waals surface area contributed by atoms with Crippen molar-refractivity contribution in [2.45, 2.75) is 45.1 Å². The molecule has 0 spiro atoms. The average molecular weight is 395 g/mol. The molecular formula is C14H21Br2NS. The third-order valence-electron chi connectivity index (χ3n) is 4.25. The highest BCUT2D eigenvalue weighted by atomic mass is 79.9. The lowest BCUT2D eigenvalue weighted by Crippen LogP contribution is -2.32. The standard InChI is InChI=1S/C14H21Br2NS/c1-3-9-6-4-5-7-10(9)13(17-2)11-8-12(15)18-14(11)16/h8-10,13,17H,3-7H2,1-2H3. The number of rotatable bonds is 4. The molecule has 102 valence electrons. The van der Waals surface area contributed by atoms with Crippen LogP contribution in [0.2, 0.25) is 0 Å². The molecule has 1 aromatic heterocycles. The van der Waals surface area contributed by atoms with Crippen LogP contribution in [-0.2, 0) is 0 Å². The zero-order chi connectivity index (χ0) is 13.1. The van der Waals surface area contributed by atoms with E-state index in [2.05, 4.69) is 57.2 Å². The number of halogens is 2. The van der Waals surface area contributed by atoms with Crippen LogP contribution in [0.5, 0.6) is 0 Å². The molecule has 0 amide bonds. The second-order valence-corrected chi connectivity index (χ2v) is 8.91. The van der Waals surface area contributed by atoms with Crippen molar-refractivity contribution < 1.29 is 0 Å². The zero-order valence-corrected chi connectivity index (χ0v) is 15.0. The quantitative estimate of drug-likeness (QED) is 0.685. The first-order valence-electron chi connectivity index (χ1n) is 6.79. The second-order valence-electron chi connectivity index (χ2n) is 5.16. The Kier molecular flexibility index (Phi) is 5.73. The van der Waals surface area contributed by atoms with E-state index in [0.29, 0.717) is 6.04 Å². The Morgan fingerprint density at radius 1 is 1.39 bits per heavy atom. The first-order chi connectivity index (χ1) is 8.67. The molecule has 1 saturated carbocycles. The van der Waals surface area contributed by atoms with Crippen molar-refractivity contribution in [3.05, 3.63) is 19.2 Å². The third-order valence-corrected chi connectivity index (χ3v) is 6.64. The molecule has 2 rings (SSSR count). The van der Waals surface area contributed by atoms with Gasteiger partial charge in [-0.05, 0) is 68.8 Å². The maximum Gasteiger partial charge on any atom is 0.0758 e. The molecule has 1 aromatic rings. The van der Waals surface area contributed by atoms with Crippen LogP contribution in [0.3, 0.4) is 0 Å². The maximum absolute atomic E-state index is 3.72. The first-order valence-corrected chi connectivity index (χ1v) is 9.19. The first kappa shape index (κ1) is 15.0. The predicted octanol–water partition coefficient (Wildman–Crippen LogP) is 5.75. The minimum Gasteiger partial charge on any atom is -0.313 e. The summed E-state index contributed by atoms with van der Waals surface area (Å²) in [5.74, 6) is 1.66. The van der Waals surface area contributed by atoms with Gasteiger partial charge in [0.1, 0.15) is 0 Å². The number of thiophene rings is 1. The van der Waals surface area contributed by atoms with Gasteiger partial charge in [-0.15, -0.1) is 11.3 Å². The predicted molar refractivity (Wildman–Crippen MR) is 87.3 cm³/mol. The van der Waals surface area contributed by atoms with E-state index in [9.17, 15) is 0 Å². The van der Waals surface area contributed by atoms with Gasteiger partial charge in [-0.2, -0.15) is 0 Å². The molecular weight excluding hydrogens is 374 g/mol. The van der Waals surface area contributed by atoms with E-state index in [0.717, 1.165) is 11.8 Å². The lowest BCUT2D eigenvalue weighted by atomic mass is 9.73. The van der Waals surface area contributed by atoms with E-state index in [1.54, 1.807) is 11.3 Å². The minimum atomic E-state index is 0.493. The van der Waals surface area contributed by atoms with Crippen LogP contribution in [0.15, 0.2) is 13.6 Å². The summed E-state index contributed by atoms with van der Waals surface area (Å²) in [5.41, 5.74) is 1.43. The van der Waals surface area contributed by atoms with Crippen LogP contribution >= 0.6 is 43.2 Å². The minimum absolute atomic E-state index is 0.493. The van der Waals surface area contributed by atoms with Gasteiger partial charge in [-0.3, -0.25) is 0 Å². The molecule has 3 atom stereocenters. The van der Waals surface area contributed by atoms with Crippen LogP contribution in [0.25, 0.3) is 0 Å². The molecule has 0 aromatic carbocycles. The summed E-state index contributed by atoms with van der Waals surface area (Å²) >= 11 is 9.09. The lowest BCUT2D eigenvalue weighted by molar-refractivity contribution is 0.180. The van der Waals surface area contributed by atoms with Gasteiger partial charge in [-0.1, -0.05) is 32.6 Å². The van der Waals surface area contributed by atoms with E-state index in [4.69, 9.17) is 0 Å². The summed E-state index contributed by atoms with van der Waals surface area (Å²) in [6.45, 7) is 2.34. The zero-order valence-electron chi connectivity index (χ0n) is 11.0. The number of nitrogens with one attached hydrogen (secondary N) is 1. The molecule has 0 radical (unpaired) electrons. The van der Waals surface area contributed by atoms with E-state index < -0.39 is 0 Å². The van der Waals surface area contributed by atoms with Crippen LogP contribution in [-0.4, -0.2) is 7.05 Å². The van der Waals surface area contributed by atoms with Gasteiger partial charge in [0.15, 0.2) is 0 Å². The van der Waals surface area contributed by atoms with E-state index in [-0.39, 0.29) is 0 Å². The summed E-state index contributed by atoms with van der Waals surface area (Å²) in [7, 11) is 2.10. The topological polar surface area (TPSA) is 12.0 Å². The summed E-state index contributed by atoms with van der Waals surface area (Å²) < 4.78 is 2.49. The van der Waals surface area contributed by atoms with Crippen LogP contribution in [0, 0.1) is 11.8 Å². The molecule has 18 heavy (non-hydrogen) atoms. The lowest BCUT2D eigenvalue weighted by Gasteiger charge is -2.36. The normalized spacial score (nSPS) is 26.2. The van der Waals surface area contributed by atoms with Crippen molar-refractivity contribution >= 4 is 43.2 Å². The Labute approximate surface area is 131 Å². The summed E-state index contributed by atoms with van der Waals surface area (Å²) in [6.07, 6.45) is 6.89. The van der Waals surface area contributed by atoms with Crippen molar-refractivity contribution in [2.24, 2.45) is 11.8 Å². The van der Waals surface area contributed by atoms with Crippen molar-refractivity contribution in [1.82, 2.24) is 5.32 Å². The Morgan fingerprint density at radius 3 is 2.67 bits per heavy atom. The Balaban J connectivity index is 2.24. The van der Waals surface area contributed by atoms with Gasteiger partial charge < -0.3 is 5.32 Å². The molecule has 1 aliphatic rings. The van der Waals surface area contributed by atoms with Crippen molar-refractivity contribution in [2.75, 3.05) is 7.05 Å². The highest BCUT2D eigenvalue weighted by Crippen LogP contribution is 2.44. The fourth-order valence-corrected chi connectivity index (χ4v) is 6.28. The molecule has 1 heterocycles. The fraction of sp³-hybridized carbons (Fsp3) is 0.714. The highest BCUT2D eigenvalue weighted by Gasteiger charge is 2.32. The Morgan fingerprint density at radius 2 is 2.11 bits per heavy atom. The van der Waals surface area contributed by atoms with Crippen LogP contribution in [0.1, 0.15) is 50.6 Å². The molecule has 0 aliphatic heterocycles. The van der Waals surface area contributed by atoms with Gasteiger partial charge in [0, 0.05) is 6.04 Å². The number of hydrogen-bond acceptors (Lipinski definition) is 2. The second kappa shape index (κ2) is 6.87. The van der Waals surface area contributed by atoms with Gasteiger partial charge in [0.05, 0.1) is 7.57 Å². The van der Waals surface area contributed by atoms with Crippen LogP contribution in [0.4, 0.5) is 0 Å². The largest absolute Gasteiger partial charge is 0.313 e. The smallest absolute Gasteiger partial charge is 0.0758 e. The van der Waals surface area contributed by atoms with Crippen LogP contribution < -0.4 is 5.32 Å². The molecule has 0 bridgehead atoms. The monoisotopic (exact) mass is 393 g/mol. The van der Waals surface area contributed by atoms with Gasteiger partial charge in [-0.25, -0.2) is 0 Å². The third kappa shape index (κ3) is 3.20. The molecule has 4 heteroatoms. The summed E-state index contributed by atoms with van der Waals surface area (Å²) in [4.78, 5) is 0. The fourth-order valence-electron chi connectivity index (χ4n) is 3.35. The van der Waals surface area contributed by atoms with Crippen molar-refractivity contribution in [3.8, 4) is 0 Å². The van der Waals surface area contributed by atoms with Gasteiger partial charge in [0.25, 0.3) is 0 Å².